The van der Waals surface area contributed by atoms with Crippen LogP contribution >= 0.6 is 0 Å². The minimum absolute atomic E-state index is 0.455. The zero-order valence-corrected chi connectivity index (χ0v) is 17.3. The second kappa shape index (κ2) is 9.73. The van der Waals surface area contributed by atoms with Crippen LogP contribution in [0.2, 0.25) is 0 Å². The summed E-state index contributed by atoms with van der Waals surface area (Å²) in [6.45, 7) is 4.83. The van der Waals surface area contributed by atoms with E-state index in [0.717, 1.165) is 24.1 Å². The van der Waals surface area contributed by atoms with E-state index in [2.05, 4.69) is 57.9 Å². The highest BCUT2D eigenvalue weighted by molar-refractivity contribution is 5.65. The van der Waals surface area contributed by atoms with Gasteiger partial charge in [0.25, 0.3) is 0 Å². The fraction of sp³-hybridized carbons (Fsp3) is 0.318. The van der Waals surface area contributed by atoms with E-state index in [0.29, 0.717) is 29.8 Å². The standard InChI is InChI=1S/C22H27N5O2/c1-5-16-8-7-9-17(6-2)21(16)25-20-14-24-27-22(26-20)23-13-15-10-11-18(28-3)19(12-15)29-4/h7-12,14H,5-6,13H2,1-4H3,(H2,23,25,26,27). The number of benzene rings is 2. The molecule has 0 saturated carbocycles. The average molecular weight is 393 g/mol. The molecule has 2 aromatic carbocycles. The molecular formula is C22H27N5O2. The molecule has 0 aliphatic rings. The molecule has 0 radical (unpaired) electrons. The van der Waals surface area contributed by atoms with Crippen LogP contribution in [0.4, 0.5) is 17.5 Å². The first-order valence-electron chi connectivity index (χ1n) is 9.70. The summed E-state index contributed by atoms with van der Waals surface area (Å²) in [5.74, 6) is 2.49. The average Bonchev–Trinajstić information content (AvgIpc) is 2.77. The molecule has 0 fully saturated rings. The maximum Gasteiger partial charge on any atom is 0.244 e. The lowest BCUT2D eigenvalue weighted by Crippen LogP contribution is -2.08. The molecule has 152 valence electrons. The van der Waals surface area contributed by atoms with Crippen LogP contribution in [0.25, 0.3) is 0 Å². The second-order valence-electron chi connectivity index (χ2n) is 6.49. The van der Waals surface area contributed by atoms with E-state index in [4.69, 9.17) is 9.47 Å². The Labute approximate surface area is 171 Å². The molecule has 1 heterocycles. The molecule has 1 aromatic heterocycles. The molecule has 7 nitrogen and oxygen atoms in total. The number of nitrogens with zero attached hydrogens (tertiary/aromatic N) is 3. The summed E-state index contributed by atoms with van der Waals surface area (Å²) < 4.78 is 10.6. The van der Waals surface area contributed by atoms with E-state index in [-0.39, 0.29) is 0 Å². The fourth-order valence-corrected chi connectivity index (χ4v) is 3.14. The van der Waals surface area contributed by atoms with E-state index in [1.807, 2.05) is 18.2 Å². The molecule has 29 heavy (non-hydrogen) atoms. The van der Waals surface area contributed by atoms with Crippen molar-refractivity contribution in [1.82, 2.24) is 15.2 Å². The van der Waals surface area contributed by atoms with Crippen LogP contribution in [0.5, 0.6) is 11.5 Å². The highest BCUT2D eigenvalue weighted by atomic mass is 16.5. The third-order valence-electron chi connectivity index (χ3n) is 4.71. The van der Waals surface area contributed by atoms with Crippen LogP contribution in [0.3, 0.4) is 0 Å². The smallest absolute Gasteiger partial charge is 0.244 e. The second-order valence-corrected chi connectivity index (χ2v) is 6.49. The van der Waals surface area contributed by atoms with Gasteiger partial charge in [-0.15, -0.1) is 5.10 Å². The lowest BCUT2D eigenvalue weighted by atomic mass is 10.0. The summed E-state index contributed by atoms with van der Waals surface area (Å²) in [5, 5.41) is 14.8. The van der Waals surface area contributed by atoms with Gasteiger partial charge in [0, 0.05) is 12.2 Å². The molecule has 0 bridgehead atoms. The summed E-state index contributed by atoms with van der Waals surface area (Å²) in [7, 11) is 3.24. The van der Waals surface area contributed by atoms with Crippen LogP contribution < -0.4 is 20.1 Å². The van der Waals surface area contributed by atoms with E-state index in [1.165, 1.54) is 11.1 Å². The van der Waals surface area contributed by atoms with Gasteiger partial charge in [-0.1, -0.05) is 38.1 Å². The summed E-state index contributed by atoms with van der Waals surface area (Å²) in [6.07, 6.45) is 3.52. The van der Waals surface area contributed by atoms with Crippen LogP contribution in [-0.2, 0) is 19.4 Å². The number of ether oxygens (including phenoxy) is 2. The molecule has 0 aliphatic carbocycles. The van der Waals surface area contributed by atoms with Gasteiger partial charge in [0.05, 0.1) is 20.4 Å². The third-order valence-corrected chi connectivity index (χ3v) is 4.71. The zero-order chi connectivity index (χ0) is 20.6. The van der Waals surface area contributed by atoms with E-state index < -0.39 is 0 Å². The van der Waals surface area contributed by atoms with Crippen molar-refractivity contribution in [2.24, 2.45) is 0 Å². The molecule has 7 heteroatoms. The van der Waals surface area contributed by atoms with Gasteiger partial charge < -0.3 is 20.1 Å². The van der Waals surface area contributed by atoms with Crippen molar-refractivity contribution in [3.05, 3.63) is 59.3 Å². The quantitative estimate of drug-likeness (QED) is 0.559. The van der Waals surface area contributed by atoms with Crippen molar-refractivity contribution in [2.45, 2.75) is 33.2 Å². The van der Waals surface area contributed by atoms with Crippen molar-refractivity contribution in [1.29, 1.82) is 0 Å². The molecule has 2 N–H and O–H groups in total. The third kappa shape index (κ3) is 4.93. The summed E-state index contributed by atoms with van der Waals surface area (Å²) in [4.78, 5) is 4.56. The molecule has 0 amide bonds. The van der Waals surface area contributed by atoms with Crippen LogP contribution in [0.15, 0.2) is 42.6 Å². The molecule has 0 saturated heterocycles. The number of para-hydroxylation sites is 1. The van der Waals surface area contributed by atoms with Crippen molar-refractivity contribution < 1.29 is 9.47 Å². The first-order chi connectivity index (χ1) is 14.2. The summed E-state index contributed by atoms with van der Waals surface area (Å²) >= 11 is 0. The van der Waals surface area contributed by atoms with Crippen LogP contribution in [0.1, 0.15) is 30.5 Å². The maximum absolute atomic E-state index is 5.35. The Morgan fingerprint density at radius 1 is 0.931 bits per heavy atom. The number of nitrogens with one attached hydrogen (secondary N) is 2. The first kappa shape index (κ1) is 20.4. The Morgan fingerprint density at radius 2 is 1.66 bits per heavy atom. The van der Waals surface area contributed by atoms with Gasteiger partial charge in [0.2, 0.25) is 5.95 Å². The normalized spacial score (nSPS) is 10.5. The fourth-order valence-electron chi connectivity index (χ4n) is 3.14. The van der Waals surface area contributed by atoms with Gasteiger partial charge in [-0.25, -0.2) is 0 Å². The Balaban J connectivity index is 1.74. The van der Waals surface area contributed by atoms with Crippen LogP contribution in [0, 0.1) is 0 Å². The van der Waals surface area contributed by atoms with Gasteiger partial charge in [0.15, 0.2) is 17.3 Å². The predicted octanol–water partition coefficient (Wildman–Crippen LogP) is 4.37. The largest absolute Gasteiger partial charge is 0.493 e. The topological polar surface area (TPSA) is 81.2 Å². The lowest BCUT2D eigenvalue weighted by molar-refractivity contribution is 0.354. The molecule has 0 aliphatic heterocycles. The van der Waals surface area contributed by atoms with Crippen molar-refractivity contribution in [3.63, 3.8) is 0 Å². The van der Waals surface area contributed by atoms with Gasteiger partial charge in [-0.2, -0.15) is 10.1 Å². The molecule has 3 aromatic rings. The van der Waals surface area contributed by atoms with Crippen molar-refractivity contribution >= 4 is 17.5 Å². The molecule has 0 spiro atoms. The number of aryl methyl sites for hydroxylation is 2. The Hall–Kier alpha value is -3.35. The van der Waals surface area contributed by atoms with E-state index >= 15 is 0 Å². The Morgan fingerprint density at radius 3 is 2.31 bits per heavy atom. The summed E-state index contributed by atoms with van der Waals surface area (Å²) in [5.41, 5.74) is 4.63. The molecule has 0 unspecified atom stereocenters. The molecule has 3 rings (SSSR count). The number of aromatic nitrogens is 3. The number of hydrogen-bond donors (Lipinski definition) is 2. The Bertz CT molecular complexity index is 939. The SMILES string of the molecule is CCc1cccc(CC)c1Nc1cnnc(NCc2ccc(OC)c(OC)c2)n1. The van der Waals surface area contributed by atoms with Crippen LogP contribution in [-0.4, -0.2) is 29.4 Å². The number of hydrogen-bond acceptors (Lipinski definition) is 7. The summed E-state index contributed by atoms with van der Waals surface area (Å²) in [6, 6.07) is 12.1. The number of anilines is 3. The maximum atomic E-state index is 5.35. The molecular weight excluding hydrogens is 366 g/mol. The first-order valence-corrected chi connectivity index (χ1v) is 9.70. The molecule has 0 atom stereocenters. The lowest BCUT2D eigenvalue weighted by Gasteiger charge is -2.15. The zero-order valence-electron chi connectivity index (χ0n) is 17.3. The van der Waals surface area contributed by atoms with Gasteiger partial charge in [-0.05, 0) is 41.7 Å². The van der Waals surface area contributed by atoms with Crippen molar-refractivity contribution in [3.8, 4) is 11.5 Å². The number of methoxy groups -OCH3 is 2. The minimum atomic E-state index is 0.455. The monoisotopic (exact) mass is 393 g/mol. The van der Waals surface area contributed by atoms with E-state index in [9.17, 15) is 0 Å². The van der Waals surface area contributed by atoms with Gasteiger partial charge in [0.1, 0.15) is 0 Å². The highest BCUT2D eigenvalue weighted by Gasteiger charge is 2.09. The van der Waals surface area contributed by atoms with E-state index in [1.54, 1.807) is 20.4 Å². The number of rotatable bonds is 9. The highest BCUT2D eigenvalue weighted by Crippen LogP contribution is 2.28. The minimum Gasteiger partial charge on any atom is -0.493 e. The van der Waals surface area contributed by atoms with Gasteiger partial charge in [-0.3, -0.25) is 0 Å². The predicted molar refractivity (Wildman–Crippen MR) is 115 cm³/mol. The van der Waals surface area contributed by atoms with Gasteiger partial charge >= 0.3 is 0 Å². The Kier molecular flexibility index (Phi) is 6.84. The van der Waals surface area contributed by atoms with Crippen molar-refractivity contribution in [2.75, 3.05) is 24.9 Å².